The van der Waals surface area contributed by atoms with E-state index in [-0.39, 0.29) is 17.0 Å². The van der Waals surface area contributed by atoms with Gasteiger partial charge in [0.05, 0.1) is 11.2 Å². The first-order valence-electron chi connectivity index (χ1n) is 11.6. The van der Waals surface area contributed by atoms with E-state index in [1.807, 2.05) is 22.5 Å². The number of fused-ring (bicyclic) bond motifs is 1. The Balaban J connectivity index is 1.55. The molecule has 0 atom stereocenters. The molecule has 1 aromatic carbocycles. The van der Waals surface area contributed by atoms with E-state index < -0.39 is 17.2 Å². The molecule has 1 aliphatic heterocycles. The second-order valence-corrected chi connectivity index (χ2v) is 8.87. The predicted molar refractivity (Wildman–Crippen MR) is 128 cm³/mol. The zero-order valence-electron chi connectivity index (χ0n) is 19.0. The molecule has 0 bridgehead atoms. The zero-order chi connectivity index (χ0) is 23.1. The van der Waals surface area contributed by atoms with E-state index in [2.05, 4.69) is 22.1 Å². The Bertz CT molecular complexity index is 1280. The summed E-state index contributed by atoms with van der Waals surface area (Å²) in [5, 5.41) is 2.94. The van der Waals surface area contributed by atoms with Gasteiger partial charge in [0, 0.05) is 49.5 Å². The highest BCUT2D eigenvalue weighted by molar-refractivity contribution is 6.05. The maximum absolute atomic E-state index is 15.2. The molecule has 1 amide bonds. The highest BCUT2D eigenvalue weighted by Crippen LogP contribution is 2.38. The van der Waals surface area contributed by atoms with Crippen molar-refractivity contribution in [2.45, 2.75) is 32.7 Å². The fraction of sp³-hybridized carbons (Fsp3) is 0.400. The Morgan fingerprint density at radius 1 is 1.18 bits per heavy atom. The van der Waals surface area contributed by atoms with E-state index in [1.165, 1.54) is 6.07 Å². The molecule has 2 fully saturated rings. The summed E-state index contributed by atoms with van der Waals surface area (Å²) in [4.78, 5) is 34.9. The van der Waals surface area contributed by atoms with Crippen LogP contribution in [0, 0.1) is 12.7 Å². The van der Waals surface area contributed by atoms with E-state index in [4.69, 9.17) is 0 Å². The summed E-state index contributed by atoms with van der Waals surface area (Å²) in [5.74, 6) is -0.579. The van der Waals surface area contributed by atoms with Crippen LogP contribution in [0.1, 0.15) is 41.9 Å². The van der Waals surface area contributed by atoms with E-state index in [0.29, 0.717) is 17.0 Å². The van der Waals surface area contributed by atoms with Crippen LogP contribution < -0.4 is 15.6 Å². The van der Waals surface area contributed by atoms with Crippen molar-refractivity contribution < 1.29 is 9.18 Å². The van der Waals surface area contributed by atoms with Gasteiger partial charge in [-0.25, -0.2) is 9.37 Å². The standard InChI is InChI=1S/C25H28FN5O2/c1-3-29-9-11-30(12-10-29)22-14-21-18(13-20(22)26)24(32)19(15-31(21)17-7-8-17)25(33)28-23-6-4-5-16(2)27-23/h4-6,13-15,17H,3,7-12H2,1-2H3,(H,27,28,33). The van der Waals surface area contributed by atoms with Crippen molar-refractivity contribution in [1.82, 2.24) is 14.5 Å². The van der Waals surface area contributed by atoms with Gasteiger partial charge in [0.2, 0.25) is 5.43 Å². The van der Waals surface area contributed by atoms with Gasteiger partial charge >= 0.3 is 0 Å². The molecule has 0 unspecified atom stereocenters. The van der Waals surface area contributed by atoms with Gasteiger partial charge in [-0.1, -0.05) is 13.0 Å². The highest BCUT2D eigenvalue weighted by atomic mass is 19.1. The quantitative estimate of drug-likeness (QED) is 0.645. The molecule has 2 aromatic heterocycles. The lowest BCUT2D eigenvalue weighted by Crippen LogP contribution is -2.46. The SMILES string of the molecule is CCN1CCN(c2cc3c(cc2F)c(=O)c(C(=O)Nc2cccc(C)n2)cn3C2CC2)CC1. The lowest BCUT2D eigenvalue weighted by atomic mass is 10.1. The van der Waals surface area contributed by atoms with Gasteiger partial charge in [0.1, 0.15) is 17.2 Å². The van der Waals surface area contributed by atoms with Gasteiger partial charge in [-0.3, -0.25) is 9.59 Å². The molecule has 2 aliphatic rings. The number of rotatable bonds is 5. The number of hydrogen-bond acceptors (Lipinski definition) is 5. The molecule has 8 heteroatoms. The Morgan fingerprint density at radius 2 is 1.94 bits per heavy atom. The number of amides is 1. The molecule has 0 spiro atoms. The molecule has 3 heterocycles. The number of hydrogen-bond donors (Lipinski definition) is 1. The lowest BCUT2D eigenvalue weighted by Gasteiger charge is -2.35. The molecular formula is C25H28FN5O2. The summed E-state index contributed by atoms with van der Waals surface area (Å²) in [6, 6.07) is 8.60. The Morgan fingerprint density at radius 3 is 2.61 bits per heavy atom. The minimum absolute atomic E-state index is 0.00131. The Hall–Kier alpha value is -3.26. The monoisotopic (exact) mass is 449 g/mol. The molecule has 5 rings (SSSR count). The first-order chi connectivity index (χ1) is 15.9. The van der Waals surface area contributed by atoms with Crippen LogP contribution in [-0.2, 0) is 0 Å². The normalized spacial score (nSPS) is 16.9. The molecule has 7 nitrogen and oxygen atoms in total. The lowest BCUT2D eigenvalue weighted by molar-refractivity contribution is 0.102. The minimum Gasteiger partial charge on any atom is -0.367 e. The minimum atomic E-state index is -0.533. The van der Waals surface area contributed by atoms with Crippen LogP contribution in [0.4, 0.5) is 15.9 Å². The number of aromatic nitrogens is 2. The third kappa shape index (κ3) is 4.23. The van der Waals surface area contributed by atoms with E-state index in [0.717, 1.165) is 51.3 Å². The summed E-state index contributed by atoms with van der Waals surface area (Å²) in [6.07, 6.45) is 3.57. The fourth-order valence-electron chi connectivity index (χ4n) is 4.52. The third-order valence-electron chi connectivity index (χ3n) is 6.58. The van der Waals surface area contributed by atoms with E-state index in [1.54, 1.807) is 24.4 Å². The first-order valence-corrected chi connectivity index (χ1v) is 11.6. The van der Waals surface area contributed by atoms with Crippen LogP contribution in [-0.4, -0.2) is 53.1 Å². The molecular weight excluding hydrogens is 421 g/mol. The smallest absolute Gasteiger partial charge is 0.262 e. The van der Waals surface area contributed by atoms with Crippen molar-refractivity contribution in [2.75, 3.05) is 42.9 Å². The molecule has 1 saturated carbocycles. The number of nitrogens with one attached hydrogen (secondary N) is 1. The van der Waals surface area contributed by atoms with Crippen LogP contribution >= 0.6 is 0 Å². The van der Waals surface area contributed by atoms with Crippen molar-refractivity contribution in [3.63, 3.8) is 0 Å². The zero-order valence-corrected chi connectivity index (χ0v) is 19.0. The average molecular weight is 450 g/mol. The van der Waals surface area contributed by atoms with Crippen molar-refractivity contribution in [3.05, 3.63) is 63.8 Å². The van der Waals surface area contributed by atoms with Crippen LogP contribution in [0.2, 0.25) is 0 Å². The highest BCUT2D eigenvalue weighted by Gasteiger charge is 2.28. The van der Waals surface area contributed by atoms with Crippen molar-refractivity contribution in [3.8, 4) is 0 Å². The summed E-state index contributed by atoms with van der Waals surface area (Å²) >= 11 is 0. The van der Waals surface area contributed by atoms with E-state index >= 15 is 4.39 Å². The molecule has 1 N–H and O–H groups in total. The number of aryl methyl sites for hydroxylation is 1. The number of pyridine rings is 2. The maximum atomic E-state index is 15.2. The number of carbonyl (C=O) groups excluding carboxylic acids is 1. The third-order valence-corrected chi connectivity index (χ3v) is 6.58. The Kier molecular flexibility index (Phi) is 5.62. The number of anilines is 2. The maximum Gasteiger partial charge on any atom is 0.262 e. The van der Waals surface area contributed by atoms with Gasteiger partial charge in [-0.05, 0) is 50.6 Å². The molecule has 0 radical (unpaired) electrons. The molecule has 3 aromatic rings. The predicted octanol–water partition coefficient (Wildman–Crippen LogP) is 3.57. The topological polar surface area (TPSA) is 70.5 Å². The number of likely N-dealkylation sites (N-methyl/N-ethyl adjacent to an activating group) is 1. The Labute approximate surface area is 191 Å². The van der Waals surface area contributed by atoms with Crippen LogP contribution in [0.3, 0.4) is 0 Å². The molecule has 172 valence electrons. The summed E-state index contributed by atoms with van der Waals surface area (Å²) in [6.45, 7) is 8.20. The fourth-order valence-corrected chi connectivity index (χ4v) is 4.52. The second kappa shape index (κ2) is 8.59. The number of nitrogens with zero attached hydrogens (tertiary/aromatic N) is 4. The van der Waals surface area contributed by atoms with Crippen LogP contribution in [0.25, 0.3) is 10.9 Å². The van der Waals surface area contributed by atoms with Crippen molar-refractivity contribution in [1.29, 1.82) is 0 Å². The van der Waals surface area contributed by atoms with Gasteiger partial charge in [0.15, 0.2) is 0 Å². The van der Waals surface area contributed by atoms with E-state index in [9.17, 15) is 9.59 Å². The van der Waals surface area contributed by atoms with Gasteiger partial charge < -0.3 is 19.7 Å². The second-order valence-electron chi connectivity index (χ2n) is 8.87. The van der Waals surface area contributed by atoms with Crippen molar-refractivity contribution in [2.24, 2.45) is 0 Å². The van der Waals surface area contributed by atoms with Crippen LogP contribution in [0.15, 0.2) is 41.3 Å². The van der Waals surface area contributed by atoms with Crippen molar-refractivity contribution >= 4 is 28.3 Å². The largest absolute Gasteiger partial charge is 0.367 e. The summed E-state index contributed by atoms with van der Waals surface area (Å²) in [5.41, 5.74) is 1.50. The average Bonchev–Trinajstić information content (AvgIpc) is 3.65. The number of benzene rings is 1. The summed E-state index contributed by atoms with van der Waals surface area (Å²) < 4.78 is 17.2. The van der Waals surface area contributed by atoms with Crippen LogP contribution in [0.5, 0.6) is 0 Å². The first kappa shape index (κ1) is 21.6. The number of halogens is 1. The van der Waals surface area contributed by atoms with Gasteiger partial charge in [-0.2, -0.15) is 0 Å². The van der Waals surface area contributed by atoms with Gasteiger partial charge in [0.25, 0.3) is 5.91 Å². The summed E-state index contributed by atoms with van der Waals surface area (Å²) in [7, 11) is 0. The van der Waals surface area contributed by atoms with Gasteiger partial charge in [-0.15, -0.1) is 0 Å². The number of piperazine rings is 1. The molecule has 33 heavy (non-hydrogen) atoms. The molecule has 1 aliphatic carbocycles. The molecule has 1 saturated heterocycles. The number of carbonyl (C=O) groups is 1.